The first kappa shape index (κ1) is 14.5. The van der Waals surface area contributed by atoms with E-state index in [-0.39, 0.29) is 12.0 Å². The summed E-state index contributed by atoms with van der Waals surface area (Å²) in [4.78, 5) is 11.7. The summed E-state index contributed by atoms with van der Waals surface area (Å²) < 4.78 is 5.57. The highest BCUT2D eigenvalue weighted by atomic mass is 16.5. The van der Waals surface area contributed by atoms with Crippen LogP contribution in [0.15, 0.2) is 0 Å². The van der Waals surface area contributed by atoms with Crippen LogP contribution in [0.4, 0.5) is 0 Å². The Hall–Kier alpha value is -0.610. The van der Waals surface area contributed by atoms with Gasteiger partial charge in [-0.05, 0) is 25.7 Å². The molecule has 1 atom stereocenters. The summed E-state index contributed by atoms with van der Waals surface area (Å²) in [5.74, 6) is -0.223. The number of nitrogens with one attached hydrogen (secondary N) is 1. The SMILES string of the molecule is CCCC(CCC)(NCC1CCCO1)C(N)=O. The van der Waals surface area contributed by atoms with Crippen LogP contribution in [0.1, 0.15) is 52.4 Å². The Morgan fingerprint density at radius 2 is 2.06 bits per heavy atom. The summed E-state index contributed by atoms with van der Waals surface area (Å²) in [5.41, 5.74) is 5.05. The van der Waals surface area contributed by atoms with E-state index in [1.54, 1.807) is 0 Å². The molecule has 17 heavy (non-hydrogen) atoms. The zero-order valence-corrected chi connectivity index (χ0v) is 11.1. The lowest BCUT2D eigenvalue weighted by Crippen LogP contribution is -2.57. The summed E-state index contributed by atoms with van der Waals surface area (Å²) in [6.45, 7) is 5.75. The van der Waals surface area contributed by atoms with Crippen LogP contribution in [-0.2, 0) is 9.53 Å². The van der Waals surface area contributed by atoms with Crippen molar-refractivity contribution in [3.05, 3.63) is 0 Å². The monoisotopic (exact) mass is 242 g/mol. The number of hydrogen-bond donors (Lipinski definition) is 2. The van der Waals surface area contributed by atoms with E-state index in [1.807, 2.05) is 0 Å². The van der Waals surface area contributed by atoms with Crippen LogP contribution in [0.3, 0.4) is 0 Å². The van der Waals surface area contributed by atoms with Gasteiger partial charge in [0, 0.05) is 13.2 Å². The van der Waals surface area contributed by atoms with E-state index in [9.17, 15) is 4.79 Å². The Kier molecular flexibility index (Phi) is 5.92. The standard InChI is InChI=1S/C13H26N2O2/c1-3-7-13(8-4-2,12(14)16)15-10-11-6-5-9-17-11/h11,15H,3-10H2,1-2H3,(H2,14,16). The molecule has 0 aliphatic carbocycles. The highest BCUT2D eigenvalue weighted by Crippen LogP contribution is 2.21. The fourth-order valence-corrected chi connectivity index (χ4v) is 2.60. The molecular formula is C13H26N2O2. The topological polar surface area (TPSA) is 64.3 Å². The van der Waals surface area contributed by atoms with Gasteiger partial charge in [-0.2, -0.15) is 0 Å². The fourth-order valence-electron chi connectivity index (χ4n) is 2.60. The van der Waals surface area contributed by atoms with Crippen LogP contribution in [0.25, 0.3) is 0 Å². The molecule has 3 N–H and O–H groups in total. The average molecular weight is 242 g/mol. The second kappa shape index (κ2) is 6.97. The fraction of sp³-hybridized carbons (Fsp3) is 0.923. The molecule has 1 amide bonds. The van der Waals surface area contributed by atoms with E-state index < -0.39 is 5.54 Å². The molecule has 1 rings (SSSR count). The van der Waals surface area contributed by atoms with Crippen LogP contribution in [-0.4, -0.2) is 30.7 Å². The van der Waals surface area contributed by atoms with Gasteiger partial charge in [0.25, 0.3) is 0 Å². The van der Waals surface area contributed by atoms with Gasteiger partial charge in [0.2, 0.25) is 5.91 Å². The van der Waals surface area contributed by atoms with Gasteiger partial charge >= 0.3 is 0 Å². The lowest BCUT2D eigenvalue weighted by atomic mass is 9.87. The number of carbonyl (C=O) groups is 1. The minimum absolute atomic E-state index is 0.223. The third-order valence-electron chi connectivity index (χ3n) is 3.52. The van der Waals surface area contributed by atoms with E-state index in [1.165, 1.54) is 0 Å². The zero-order valence-electron chi connectivity index (χ0n) is 11.1. The zero-order chi connectivity index (χ0) is 12.7. The molecule has 1 unspecified atom stereocenters. The maximum absolute atomic E-state index is 11.7. The van der Waals surface area contributed by atoms with Crippen molar-refractivity contribution in [1.29, 1.82) is 0 Å². The smallest absolute Gasteiger partial charge is 0.237 e. The summed E-state index contributed by atoms with van der Waals surface area (Å²) >= 11 is 0. The largest absolute Gasteiger partial charge is 0.377 e. The van der Waals surface area contributed by atoms with E-state index in [0.29, 0.717) is 0 Å². The molecule has 0 bridgehead atoms. The van der Waals surface area contributed by atoms with Crippen molar-refractivity contribution in [2.45, 2.75) is 64.0 Å². The van der Waals surface area contributed by atoms with Gasteiger partial charge in [-0.25, -0.2) is 0 Å². The third-order valence-corrected chi connectivity index (χ3v) is 3.52. The van der Waals surface area contributed by atoms with Gasteiger partial charge in [-0.15, -0.1) is 0 Å². The molecule has 0 saturated carbocycles. The van der Waals surface area contributed by atoms with Crippen LogP contribution in [0, 0.1) is 0 Å². The van der Waals surface area contributed by atoms with Gasteiger partial charge < -0.3 is 15.8 Å². The molecule has 4 heteroatoms. The van der Waals surface area contributed by atoms with Crippen molar-refractivity contribution in [3.8, 4) is 0 Å². The number of ether oxygens (including phenoxy) is 1. The third kappa shape index (κ3) is 3.96. The van der Waals surface area contributed by atoms with E-state index >= 15 is 0 Å². The van der Waals surface area contributed by atoms with Crippen molar-refractivity contribution in [2.24, 2.45) is 5.73 Å². The summed E-state index contributed by atoms with van der Waals surface area (Å²) in [7, 11) is 0. The quantitative estimate of drug-likeness (QED) is 0.679. The van der Waals surface area contributed by atoms with E-state index in [0.717, 1.165) is 51.7 Å². The van der Waals surface area contributed by atoms with E-state index in [2.05, 4.69) is 19.2 Å². The first-order chi connectivity index (χ1) is 8.14. The van der Waals surface area contributed by atoms with Gasteiger partial charge in [0.05, 0.1) is 11.6 Å². The maximum atomic E-state index is 11.7. The Balaban J connectivity index is 2.56. The van der Waals surface area contributed by atoms with Crippen molar-refractivity contribution in [1.82, 2.24) is 5.32 Å². The predicted octanol–water partition coefficient (Wildman–Crippen LogP) is 1.58. The van der Waals surface area contributed by atoms with Crippen molar-refractivity contribution >= 4 is 5.91 Å². The number of rotatable bonds is 8. The molecule has 1 aliphatic rings. The normalized spacial score (nSPS) is 20.7. The van der Waals surface area contributed by atoms with Gasteiger partial charge in [-0.3, -0.25) is 4.79 Å². The minimum Gasteiger partial charge on any atom is -0.377 e. The molecule has 4 nitrogen and oxygen atoms in total. The second-order valence-corrected chi connectivity index (χ2v) is 4.96. The summed E-state index contributed by atoms with van der Waals surface area (Å²) in [6, 6.07) is 0. The van der Waals surface area contributed by atoms with Crippen molar-refractivity contribution < 1.29 is 9.53 Å². The average Bonchev–Trinajstić information content (AvgIpc) is 2.79. The number of amides is 1. The number of carbonyl (C=O) groups excluding carboxylic acids is 1. The number of hydrogen-bond acceptors (Lipinski definition) is 3. The van der Waals surface area contributed by atoms with Crippen LogP contribution < -0.4 is 11.1 Å². The first-order valence-corrected chi connectivity index (χ1v) is 6.81. The lowest BCUT2D eigenvalue weighted by Gasteiger charge is -2.32. The summed E-state index contributed by atoms with van der Waals surface area (Å²) in [6.07, 6.45) is 5.99. The van der Waals surface area contributed by atoms with Gasteiger partial charge in [-0.1, -0.05) is 26.7 Å². The molecule has 0 aromatic rings. The molecule has 1 fully saturated rings. The molecule has 0 spiro atoms. The van der Waals surface area contributed by atoms with Gasteiger partial charge in [0.1, 0.15) is 0 Å². The predicted molar refractivity (Wildman–Crippen MR) is 68.7 cm³/mol. The Morgan fingerprint density at radius 3 is 2.47 bits per heavy atom. The lowest BCUT2D eigenvalue weighted by molar-refractivity contribution is -0.125. The molecule has 0 aromatic heterocycles. The maximum Gasteiger partial charge on any atom is 0.237 e. The number of nitrogens with two attached hydrogens (primary N) is 1. The molecule has 0 radical (unpaired) electrons. The first-order valence-electron chi connectivity index (χ1n) is 6.81. The highest BCUT2D eigenvalue weighted by molar-refractivity contribution is 5.84. The van der Waals surface area contributed by atoms with E-state index in [4.69, 9.17) is 10.5 Å². The minimum atomic E-state index is -0.532. The molecule has 1 saturated heterocycles. The van der Waals surface area contributed by atoms with Crippen LogP contribution in [0.5, 0.6) is 0 Å². The highest BCUT2D eigenvalue weighted by Gasteiger charge is 2.35. The van der Waals surface area contributed by atoms with Crippen LogP contribution >= 0.6 is 0 Å². The van der Waals surface area contributed by atoms with Crippen LogP contribution in [0.2, 0.25) is 0 Å². The Labute approximate surface area is 104 Å². The number of primary amides is 1. The van der Waals surface area contributed by atoms with Gasteiger partial charge in [0.15, 0.2) is 0 Å². The molecule has 1 heterocycles. The molecule has 1 aliphatic heterocycles. The van der Waals surface area contributed by atoms with Crippen molar-refractivity contribution in [2.75, 3.05) is 13.2 Å². The summed E-state index contributed by atoms with van der Waals surface area (Å²) in [5, 5.41) is 3.38. The molecule has 0 aromatic carbocycles. The Morgan fingerprint density at radius 1 is 1.41 bits per heavy atom. The molecule has 100 valence electrons. The van der Waals surface area contributed by atoms with Crippen molar-refractivity contribution in [3.63, 3.8) is 0 Å². The Bertz CT molecular complexity index is 232. The second-order valence-electron chi connectivity index (χ2n) is 4.96. The molecular weight excluding hydrogens is 216 g/mol.